The molecule has 0 fully saturated rings. The second kappa shape index (κ2) is 7.09. The number of hydrogen-bond donors (Lipinski definition) is 1. The SMILES string of the molecule is CCOC(=O)C(Nc1ccc(Cl)cc1)c1cccc(F)c1. The number of carbonyl (C=O) groups is 1. The van der Waals surface area contributed by atoms with Gasteiger partial charge in [0.25, 0.3) is 0 Å². The number of benzene rings is 2. The third-order valence-corrected chi connectivity index (χ3v) is 3.11. The van der Waals surface area contributed by atoms with E-state index in [4.69, 9.17) is 16.3 Å². The molecule has 0 radical (unpaired) electrons. The standard InChI is InChI=1S/C16H15ClFNO2/c1-2-21-16(20)15(11-4-3-5-13(18)10-11)19-14-8-6-12(17)7-9-14/h3-10,15,19H,2H2,1H3. The van der Waals surface area contributed by atoms with Crippen molar-refractivity contribution in [2.45, 2.75) is 13.0 Å². The quantitative estimate of drug-likeness (QED) is 0.842. The van der Waals surface area contributed by atoms with E-state index in [-0.39, 0.29) is 6.61 Å². The molecule has 1 unspecified atom stereocenters. The Kier molecular flexibility index (Phi) is 5.17. The van der Waals surface area contributed by atoms with Crippen LogP contribution in [0.15, 0.2) is 48.5 Å². The monoisotopic (exact) mass is 307 g/mol. The summed E-state index contributed by atoms with van der Waals surface area (Å²) in [5.41, 5.74) is 1.20. The first-order valence-electron chi connectivity index (χ1n) is 6.54. The van der Waals surface area contributed by atoms with Crippen molar-refractivity contribution in [3.63, 3.8) is 0 Å². The van der Waals surface area contributed by atoms with Crippen LogP contribution in [0.2, 0.25) is 5.02 Å². The smallest absolute Gasteiger partial charge is 0.333 e. The van der Waals surface area contributed by atoms with Crippen LogP contribution in [0.1, 0.15) is 18.5 Å². The molecule has 0 spiro atoms. The summed E-state index contributed by atoms with van der Waals surface area (Å²) >= 11 is 5.83. The van der Waals surface area contributed by atoms with Crippen LogP contribution in [0.5, 0.6) is 0 Å². The Labute approximate surface area is 127 Å². The minimum absolute atomic E-state index is 0.257. The first-order valence-corrected chi connectivity index (χ1v) is 6.92. The molecule has 2 rings (SSSR count). The maximum Gasteiger partial charge on any atom is 0.333 e. The Morgan fingerprint density at radius 1 is 1.29 bits per heavy atom. The largest absolute Gasteiger partial charge is 0.464 e. The normalized spacial score (nSPS) is 11.8. The first-order chi connectivity index (χ1) is 10.1. The number of nitrogens with one attached hydrogen (secondary N) is 1. The predicted octanol–water partition coefficient (Wildman–Crippen LogP) is 4.20. The van der Waals surface area contributed by atoms with Gasteiger partial charge in [-0.15, -0.1) is 0 Å². The number of halogens is 2. The molecule has 110 valence electrons. The molecule has 0 saturated carbocycles. The molecule has 0 saturated heterocycles. The lowest BCUT2D eigenvalue weighted by molar-refractivity contribution is -0.144. The zero-order chi connectivity index (χ0) is 15.2. The lowest BCUT2D eigenvalue weighted by Crippen LogP contribution is -2.23. The highest BCUT2D eigenvalue weighted by atomic mass is 35.5. The third kappa shape index (κ3) is 4.20. The van der Waals surface area contributed by atoms with Crippen molar-refractivity contribution < 1.29 is 13.9 Å². The first kappa shape index (κ1) is 15.3. The summed E-state index contributed by atoms with van der Waals surface area (Å²) in [6.45, 7) is 1.98. The van der Waals surface area contributed by atoms with Crippen molar-refractivity contribution in [1.29, 1.82) is 0 Å². The highest BCUT2D eigenvalue weighted by molar-refractivity contribution is 6.30. The molecule has 2 aromatic rings. The minimum atomic E-state index is -0.776. The van der Waals surface area contributed by atoms with Crippen LogP contribution < -0.4 is 5.32 Å². The van der Waals surface area contributed by atoms with Crippen molar-refractivity contribution in [2.24, 2.45) is 0 Å². The van der Waals surface area contributed by atoms with Gasteiger partial charge in [-0.25, -0.2) is 9.18 Å². The number of anilines is 1. The summed E-state index contributed by atoms with van der Waals surface area (Å²) in [7, 11) is 0. The average Bonchev–Trinajstić information content (AvgIpc) is 2.47. The van der Waals surface area contributed by atoms with E-state index in [0.717, 1.165) is 0 Å². The number of ether oxygens (including phenoxy) is 1. The molecule has 0 bridgehead atoms. The zero-order valence-electron chi connectivity index (χ0n) is 11.5. The molecule has 3 nitrogen and oxygen atoms in total. The topological polar surface area (TPSA) is 38.3 Å². The maximum atomic E-state index is 13.4. The number of esters is 1. The van der Waals surface area contributed by atoms with Gasteiger partial charge in [0.1, 0.15) is 5.82 Å². The van der Waals surface area contributed by atoms with Gasteiger partial charge in [-0.1, -0.05) is 23.7 Å². The highest BCUT2D eigenvalue weighted by Gasteiger charge is 2.22. The van der Waals surface area contributed by atoms with E-state index in [9.17, 15) is 9.18 Å². The van der Waals surface area contributed by atoms with Gasteiger partial charge >= 0.3 is 5.97 Å². The fourth-order valence-electron chi connectivity index (χ4n) is 1.90. The van der Waals surface area contributed by atoms with Crippen LogP contribution in [0, 0.1) is 5.82 Å². The molecule has 0 aliphatic rings. The van der Waals surface area contributed by atoms with Gasteiger partial charge in [-0.2, -0.15) is 0 Å². The van der Waals surface area contributed by atoms with E-state index in [0.29, 0.717) is 16.3 Å². The van der Waals surface area contributed by atoms with E-state index in [2.05, 4.69) is 5.32 Å². The van der Waals surface area contributed by atoms with Crippen LogP contribution in [-0.2, 0) is 9.53 Å². The summed E-state index contributed by atoms with van der Waals surface area (Å²) in [6.07, 6.45) is 0. The average molecular weight is 308 g/mol. The van der Waals surface area contributed by atoms with Crippen LogP contribution in [-0.4, -0.2) is 12.6 Å². The van der Waals surface area contributed by atoms with Crippen LogP contribution in [0.4, 0.5) is 10.1 Å². The molecule has 0 aliphatic heterocycles. The lowest BCUT2D eigenvalue weighted by atomic mass is 10.1. The van der Waals surface area contributed by atoms with Gasteiger partial charge in [-0.05, 0) is 48.9 Å². The van der Waals surface area contributed by atoms with Gasteiger partial charge in [0.2, 0.25) is 0 Å². The Hall–Kier alpha value is -2.07. The van der Waals surface area contributed by atoms with Crippen molar-refractivity contribution >= 4 is 23.3 Å². The summed E-state index contributed by atoms with van der Waals surface area (Å²) in [5, 5.41) is 3.63. The van der Waals surface area contributed by atoms with Crippen molar-refractivity contribution in [1.82, 2.24) is 0 Å². The van der Waals surface area contributed by atoms with E-state index < -0.39 is 17.8 Å². The number of carbonyl (C=O) groups excluding carboxylic acids is 1. The Morgan fingerprint density at radius 2 is 2.00 bits per heavy atom. The van der Waals surface area contributed by atoms with Crippen molar-refractivity contribution in [2.75, 3.05) is 11.9 Å². The van der Waals surface area contributed by atoms with E-state index in [1.54, 1.807) is 43.3 Å². The Balaban J connectivity index is 2.27. The molecule has 0 aliphatic carbocycles. The van der Waals surface area contributed by atoms with E-state index in [1.165, 1.54) is 12.1 Å². The molecule has 1 atom stereocenters. The van der Waals surface area contributed by atoms with Gasteiger partial charge in [0, 0.05) is 10.7 Å². The Morgan fingerprint density at radius 3 is 2.62 bits per heavy atom. The van der Waals surface area contributed by atoms with E-state index in [1.807, 2.05) is 0 Å². The lowest BCUT2D eigenvalue weighted by Gasteiger charge is -2.19. The van der Waals surface area contributed by atoms with Gasteiger partial charge in [0.05, 0.1) is 6.61 Å². The fraction of sp³-hybridized carbons (Fsp3) is 0.188. The molecule has 2 aromatic carbocycles. The van der Waals surface area contributed by atoms with Crippen molar-refractivity contribution in [3.05, 3.63) is 64.9 Å². The number of rotatable bonds is 5. The van der Waals surface area contributed by atoms with Gasteiger partial charge in [-0.3, -0.25) is 0 Å². The molecule has 1 N–H and O–H groups in total. The molecule has 21 heavy (non-hydrogen) atoms. The van der Waals surface area contributed by atoms with E-state index >= 15 is 0 Å². The summed E-state index contributed by atoms with van der Waals surface area (Å²) in [6, 6.07) is 12.0. The molecular formula is C16H15ClFNO2. The molecular weight excluding hydrogens is 293 g/mol. The zero-order valence-corrected chi connectivity index (χ0v) is 12.2. The predicted molar refractivity (Wildman–Crippen MR) is 80.8 cm³/mol. The Bertz CT molecular complexity index is 616. The third-order valence-electron chi connectivity index (χ3n) is 2.86. The summed E-state index contributed by atoms with van der Waals surface area (Å²) < 4.78 is 18.4. The van der Waals surface area contributed by atoms with Gasteiger partial charge in [0.15, 0.2) is 6.04 Å². The molecule has 0 aromatic heterocycles. The summed E-state index contributed by atoms with van der Waals surface area (Å²) in [5.74, 6) is -0.863. The molecule has 0 heterocycles. The maximum absolute atomic E-state index is 13.4. The van der Waals surface area contributed by atoms with Crippen molar-refractivity contribution in [3.8, 4) is 0 Å². The molecule has 0 amide bonds. The van der Waals surface area contributed by atoms with Crippen LogP contribution >= 0.6 is 11.6 Å². The second-order valence-electron chi connectivity index (χ2n) is 4.39. The fourth-order valence-corrected chi connectivity index (χ4v) is 2.03. The van der Waals surface area contributed by atoms with Crippen LogP contribution in [0.3, 0.4) is 0 Å². The second-order valence-corrected chi connectivity index (χ2v) is 4.83. The summed E-state index contributed by atoms with van der Waals surface area (Å²) in [4.78, 5) is 12.1. The highest BCUT2D eigenvalue weighted by Crippen LogP contribution is 2.23. The van der Waals surface area contributed by atoms with Gasteiger partial charge < -0.3 is 10.1 Å². The number of hydrogen-bond acceptors (Lipinski definition) is 3. The molecule has 5 heteroatoms. The minimum Gasteiger partial charge on any atom is -0.464 e. The van der Waals surface area contributed by atoms with Crippen LogP contribution in [0.25, 0.3) is 0 Å².